The Morgan fingerprint density at radius 2 is 1.71 bits per heavy atom. The first-order valence-electron chi connectivity index (χ1n) is 11.6. The van der Waals surface area contributed by atoms with Crippen LogP contribution in [0.4, 0.5) is 0 Å². The molecular weight excluding hydrogens is 290 g/mol. The number of benzene rings is 2. The number of pyridine rings is 1. The molecule has 0 fully saturated rings. The maximum absolute atomic E-state index is 8.35. The Labute approximate surface area is 154 Å². The molecule has 0 bridgehead atoms. The lowest BCUT2D eigenvalue weighted by molar-refractivity contribution is -0.660. The molecule has 0 saturated heterocycles. The summed E-state index contributed by atoms with van der Waals surface area (Å²) in [6.45, 7) is -0.415. The smallest absolute Gasteiger partial charge is 0.201 e. The summed E-state index contributed by atoms with van der Waals surface area (Å²) in [6.07, 6.45) is -2.08. The van der Waals surface area contributed by atoms with Crippen molar-refractivity contribution in [2.75, 3.05) is 0 Å². The second-order valence-corrected chi connectivity index (χ2v) is 6.21. The van der Waals surface area contributed by atoms with Crippen LogP contribution in [-0.2, 0) is 19.8 Å². The van der Waals surface area contributed by atoms with E-state index in [9.17, 15) is 0 Å². The Kier molecular flexibility index (Phi) is 2.26. The molecule has 2 aromatic carbocycles. The van der Waals surface area contributed by atoms with E-state index in [2.05, 4.69) is 0 Å². The van der Waals surface area contributed by atoms with Gasteiger partial charge < -0.3 is 0 Å². The first-order valence-corrected chi connectivity index (χ1v) is 8.07. The van der Waals surface area contributed by atoms with Gasteiger partial charge in [-0.2, -0.15) is 0 Å². The number of aromatic nitrogens is 1. The highest BCUT2D eigenvalue weighted by Gasteiger charge is 2.20. The number of nitrogens with zero attached hydrogens (tertiary/aromatic N) is 1. The third-order valence-electron chi connectivity index (χ3n) is 4.56. The molecule has 1 aliphatic carbocycles. The summed E-state index contributed by atoms with van der Waals surface area (Å²) in [5, 5.41) is 0. The molecule has 1 heteroatoms. The standard InChI is InChI=1S/C23H24N/c1-16-12-19-10-7-11-20(19)13-22(16)23-14-21(17(2)15-24(23)3)18-8-5-4-6-9-18/h4-6,8-9,12-15H,7,10-11H2,1-3H3/q+1/i2D3,10D2,11D2. The van der Waals surface area contributed by atoms with Crippen LogP contribution in [0, 0.1) is 13.8 Å². The van der Waals surface area contributed by atoms with E-state index in [4.69, 9.17) is 9.60 Å². The first-order chi connectivity index (χ1) is 14.3. The van der Waals surface area contributed by atoms with E-state index in [1.807, 2.05) is 43.3 Å². The molecule has 0 atom stereocenters. The summed E-state index contributed by atoms with van der Waals surface area (Å²) < 4.78 is 58.9. The predicted octanol–water partition coefficient (Wildman–Crippen LogP) is 4.95. The van der Waals surface area contributed by atoms with Crippen molar-refractivity contribution < 1.29 is 14.2 Å². The molecule has 1 heterocycles. The summed E-state index contributed by atoms with van der Waals surface area (Å²) in [4.78, 5) is 0. The molecule has 0 saturated carbocycles. The third-order valence-corrected chi connectivity index (χ3v) is 4.56. The molecule has 0 aliphatic heterocycles. The van der Waals surface area contributed by atoms with Gasteiger partial charge >= 0.3 is 0 Å². The van der Waals surface area contributed by atoms with E-state index < -0.39 is 19.6 Å². The molecule has 1 aliphatic rings. The SMILES string of the molecule is [2H]C([2H])([2H])c1c[n+](C)c(-c2cc3c(cc2C)C([2H])([2H])CC3([2H])[2H])cc1-c1ccccc1. The maximum Gasteiger partial charge on any atom is 0.213 e. The Morgan fingerprint density at radius 3 is 2.46 bits per heavy atom. The zero-order valence-corrected chi connectivity index (χ0v) is 13.9. The van der Waals surface area contributed by atoms with Crippen molar-refractivity contribution in [1.29, 1.82) is 0 Å². The molecule has 1 nitrogen and oxygen atoms in total. The molecule has 3 aromatic rings. The molecule has 24 heavy (non-hydrogen) atoms. The van der Waals surface area contributed by atoms with Gasteiger partial charge in [-0.15, -0.1) is 0 Å². The zero-order valence-electron chi connectivity index (χ0n) is 20.9. The van der Waals surface area contributed by atoms with Gasteiger partial charge in [-0.3, -0.25) is 0 Å². The highest BCUT2D eigenvalue weighted by Crippen LogP contribution is 2.32. The summed E-state index contributed by atoms with van der Waals surface area (Å²) in [7, 11) is 1.78. The van der Waals surface area contributed by atoms with Gasteiger partial charge in [0.1, 0.15) is 7.05 Å². The van der Waals surface area contributed by atoms with E-state index >= 15 is 0 Å². The van der Waals surface area contributed by atoms with Crippen molar-refractivity contribution in [2.45, 2.75) is 32.9 Å². The monoisotopic (exact) mass is 321 g/mol. The Bertz CT molecular complexity index is 1160. The average Bonchev–Trinajstić information content (AvgIpc) is 2.84. The molecule has 0 amide bonds. The number of fused-ring (bicyclic) bond motifs is 1. The van der Waals surface area contributed by atoms with Gasteiger partial charge in [-0.05, 0) is 66.8 Å². The van der Waals surface area contributed by atoms with Crippen LogP contribution in [0.3, 0.4) is 0 Å². The second kappa shape index (κ2) is 5.90. The third kappa shape index (κ3) is 2.54. The maximum atomic E-state index is 8.35. The first kappa shape index (κ1) is 9.17. The number of rotatable bonds is 2. The van der Waals surface area contributed by atoms with Crippen molar-refractivity contribution >= 4 is 0 Å². The van der Waals surface area contributed by atoms with Crippen LogP contribution in [-0.4, -0.2) is 0 Å². The van der Waals surface area contributed by atoms with E-state index in [1.54, 1.807) is 29.9 Å². The van der Waals surface area contributed by atoms with Gasteiger partial charge in [-0.1, -0.05) is 36.4 Å². The Hall–Kier alpha value is -2.41. The van der Waals surface area contributed by atoms with Crippen LogP contribution in [0.25, 0.3) is 22.4 Å². The van der Waals surface area contributed by atoms with Crippen LogP contribution in [0.1, 0.15) is 38.3 Å². The number of aryl methyl sites for hydroxylation is 5. The van der Waals surface area contributed by atoms with Gasteiger partial charge in [-0.25, -0.2) is 4.57 Å². The summed E-state index contributed by atoms with van der Waals surface area (Å²) >= 11 is 0. The highest BCUT2D eigenvalue weighted by molar-refractivity contribution is 5.73. The van der Waals surface area contributed by atoms with E-state index in [0.717, 1.165) is 22.4 Å². The summed E-state index contributed by atoms with van der Waals surface area (Å²) in [5.74, 6) is 0. The Balaban J connectivity index is 1.99. The number of hydrogen-bond acceptors (Lipinski definition) is 0. The van der Waals surface area contributed by atoms with E-state index in [1.165, 1.54) is 0 Å². The summed E-state index contributed by atoms with van der Waals surface area (Å²) in [6, 6.07) is 14.7. The molecular formula is C23H24N+. The van der Waals surface area contributed by atoms with Crippen LogP contribution in [0.2, 0.25) is 0 Å². The summed E-state index contributed by atoms with van der Waals surface area (Å²) in [5.41, 5.74) is 4.72. The molecule has 0 radical (unpaired) electrons. The fourth-order valence-corrected chi connectivity index (χ4v) is 3.28. The quantitative estimate of drug-likeness (QED) is 0.588. The second-order valence-electron chi connectivity index (χ2n) is 6.21. The van der Waals surface area contributed by atoms with Gasteiger partial charge in [0.25, 0.3) is 0 Å². The van der Waals surface area contributed by atoms with Gasteiger partial charge in [0, 0.05) is 26.8 Å². The minimum Gasteiger partial charge on any atom is -0.201 e. The minimum atomic E-state index is -2.29. The van der Waals surface area contributed by atoms with E-state index in [-0.39, 0.29) is 12.0 Å². The van der Waals surface area contributed by atoms with Crippen molar-refractivity contribution in [3.63, 3.8) is 0 Å². The van der Waals surface area contributed by atoms with Crippen LogP contribution < -0.4 is 4.57 Å². The van der Waals surface area contributed by atoms with Crippen LogP contribution in [0.15, 0.2) is 54.7 Å². The van der Waals surface area contributed by atoms with Crippen LogP contribution in [0.5, 0.6) is 0 Å². The molecule has 120 valence electrons. The Morgan fingerprint density at radius 1 is 0.958 bits per heavy atom. The minimum absolute atomic E-state index is 0.211. The average molecular weight is 321 g/mol. The van der Waals surface area contributed by atoms with Gasteiger partial charge in [0.15, 0.2) is 6.20 Å². The molecule has 0 unspecified atom stereocenters. The fraction of sp³-hybridized carbons (Fsp3) is 0.261. The zero-order chi connectivity index (χ0) is 22.8. The van der Waals surface area contributed by atoms with Crippen molar-refractivity contribution in [3.05, 3.63) is 77.0 Å². The number of hydrogen-bond donors (Lipinski definition) is 0. The highest BCUT2D eigenvalue weighted by atomic mass is 14.9. The van der Waals surface area contributed by atoms with Crippen molar-refractivity contribution in [3.8, 4) is 22.4 Å². The molecule has 0 spiro atoms. The predicted molar refractivity (Wildman–Crippen MR) is 100.0 cm³/mol. The lowest BCUT2D eigenvalue weighted by atomic mass is 9.95. The van der Waals surface area contributed by atoms with Crippen molar-refractivity contribution in [2.24, 2.45) is 7.05 Å². The van der Waals surface area contributed by atoms with Crippen LogP contribution >= 0.6 is 0 Å². The van der Waals surface area contributed by atoms with Crippen molar-refractivity contribution in [1.82, 2.24) is 0 Å². The van der Waals surface area contributed by atoms with Gasteiger partial charge in [0.05, 0.1) is 0 Å². The lowest BCUT2D eigenvalue weighted by Crippen LogP contribution is -2.31. The largest absolute Gasteiger partial charge is 0.213 e. The van der Waals surface area contributed by atoms with E-state index in [0.29, 0.717) is 16.7 Å². The fourth-order valence-electron chi connectivity index (χ4n) is 3.28. The van der Waals surface area contributed by atoms with Gasteiger partial charge in [0.2, 0.25) is 5.69 Å². The molecule has 4 rings (SSSR count). The molecule has 0 N–H and O–H groups in total. The lowest BCUT2D eigenvalue weighted by Gasteiger charge is -2.11. The normalized spacial score (nSPS) is 22.2. The topological polar surface area (TPSA) is 3.88 Å². The molecule has 1 aromatic heterocycles.